The van der Waals surface area contributed by atoms with E-state index in [-0.39, 0.29) is 0 Å². The molecule has 0 aliphatic rings. The van der Waals surface area contributed by atoms with Crippen LogP contribution in [0, 0.1) is 0 Å². The summed E-state index contributed by atoms with van der Waals surface area (Å²) in [5.74, 6) is 1.26. The van der Waals surface area contributed by atoms with E-state index in [1.807, 2.05) is 18.3 Å². The Bertz CT molecular complexity index is 424. The summed E-state index contributed by atoms with van der Waals surface area (Å²) >= 11 is 3.26. The molecule has 2 aromatic heterocycles. The average molecular weight is 239 g/mol. The molecule has 2 aromatic rings. The highest BCUT2D eigenvalue weighted by Crippen LogP contribution is 2.10. The van der Waals surface area contributed by atoms with Crippen LogP contribution < -0.4 is 5.73 Å². The quantitative estimate of drug-likeness (QED) is 0.822. The zero-order chi connectivity index (χ0) is 9.26. The lowest BCUT2D eigenvalue weighted by Crippen LogP contribution is -1.97. The molecule has 0 radical (unpaired) electrons. The molecule has 66 valence electrons. The predicted molar refractivity (Wildman–Crippen MR) is 53.5 cm³/mol. The largest absolute Gasteiger partial charge is 0.384 e. The van der Waals surface area contributed by atoms with Crippen LogP contribution in [-0.2, 0) is 0 Å². The summed E-state index contributed by atoms with van der Waals surface area (Å²) in [6, 6.07) is 5.46. The summed E-state index contributed by atoms with van der Waals surface area (Å²) in [5.41, 5.74) is 5.55. The Morgan fingerprint density at radius 2 is 2.23 bits per heavy atom. The van der Waals surface area contributed by atoms with Crippen LogP contribution in [-0.4, -0.2) is 14.5 Å². The van der Waals surface area contributed by atoms with Gasteiger partial charge in [0.25, 0.3) is 0 Å². The molecule has 0 saturated carbocycles. The zero-order valence-corrected chi connectivity index (χ0v) is 8.27. The number of imidazole rings is 1. The molecule has 0 saturated heterocycles. The van der Waals surface area contributed by atoms with Crippen LogP contribution in [0.4, 0.5) is 5.82 Å². The van der Waals surface area contributed by atoms with Gasteiger partial charge < -0.3 is 5.73 Å². The van der Waals surface area contributed by atoms with Crippen molar-refractivity contribution in [1.29, 1.82) is 0 Å². The molecule has 5 heteroatoms. The molecule has 2 rings (SSSR count). The van der Waals surface area contributed by atoms with Gasteiger partial charge in [-0.3, -0.25) is 4.57 Å². The van der Waals surface area contributed by atoms with Gasteiger partial charge in [-0.05, 0) is 28.1 Å². The SMILES string of the molecule is Nc1cccc(-n2cnc(Br)c2)n1. The van der Waals surface area contributed by atoms with Crippen molar-refractivity contribution in [3.63, 3.8) is 0 Å². The normalized spacial score (nSPS) is 10.2. The summed E-state index contributed by atoms with van der Waals surface area (Å²) in [6.45, 7) is 0. The second kappa shape index (κ2) is 3.18. The van der Waals surface area contributed by atoms with E-state index < -0.39 is 0 Å². The Morgan fingerprint density at radius 1 is 1.38 bits per heavy atom. The highest BCUT2D eigenvalue weighted by atomic mass is 79.9. The van der Waals surface area contributed by atoms with Crippen LogP contribution in [0.5, 0.6) is 0 Å². The smallest absolute Gasteiger partial charge is 0.140 e. The standard InChI is InChI=1S/C8H7BrN4/c9-6-4-13(5-11-6)8-3-1-2-7(10)12-8/h1-5H,(H2,10,12). The minimum absolute atomic E-state index is 0.502. The van der Waals surface area contributed by atoms with Crippen molar-refractivity contribution in [2.75, 3.05) is 5.73 Å². The Hall–Kier alpha value is -1.36. The van der Waals surface area contributed by atoms with Crippen LogP contribution in [0.2, 0.25) is 0 Å². The number of nitrogens with zero attached hydrogens (tertiary/aromatic N) is 3. The summed E-state index contributed by atoms with van der Waals surface area (Å²) in [4.78, 5) is 8.16. The van der Waals surface area contributed by atoms with E-state index in [1.54, 1.807) is 17.0 Å². The number of nitrogen functional groups attached to an aromatic ring is 1. The molecule has 0 fully saturated rings. The fourth-order valence-electron chi connectivity index (χ4n) is 1.01. The maximum atomic E-state index is 5.55. The minimum Gasteiger partial charge on any atom is -0.384 e. The third kappa shape index (κ3) is 1.70. The molecular weight excluding hydrogens is 232 g/mol. The lowest BCUT2D eigenvalue weighted by molar-refractivity contribution is 0.997. The third-order valence-electron chi connectivity index (χ3n) is 1.57. The van der Waals surface area contributed by atoms with E-state index >= 15 is 0 Å². The van der Waals surface area contributed by atoms with Crippen LogP contribution in [0.1, 0.15) is 0 Å². The van der Waals surface area contributed by atoms with Crippen LogP contribution in [0.15, 0.2) is 35.3 Å². The van der Waals surface area contributed by atoms with Gasteiger partial charge in [-0.2, -0.15) is 0 Å². The molecule has 2 N–H and O–H groups in total. The number of hydrogen-bond donors (Lipinski definition) is 1. The number of halogens is 1. The molecule has 0 aromatic carbocycles. The van der Waals surface area contributed by atoms with E-state index in [1.165, 1.54) is 0 Å². The fraction of sp³-hybridized carbons (Fsp3) is 0. The minimum atomic E-state index is 0.502. The molecular formula is C8H7BrN4. The molecule has 0 aliphatic heterocycles. The van der Waals surface area contributed by atoms with E-state index in [9.17, 15) is 0 Å². The van der Waals surface area contributed by atoms with Gasteiger partial charge in [0.15, 0.2) is 0 Å². The van der Waals surface area contributed by atoms with Gasteiger partial charge in [0, 0.05) is 6.20 Å². The van der Waals surface area contributed by atoms with Crippen molar-refractivity contribution in [2.45, 2.75) is 0 Å². The molecule has 0 atom stereocenters. The zero-order valence-electron chi connectivity index (χ0n) is 6.68. The highest BCUT2D eigenvalue weighted by molar-refractivity contribution is 9.10. The summed E-state index contributed by atoms with van der Waals surface area (Å²) in [6.07, 6.45) is 3.49. The molecule has 0 spiro atoms. The molecule has 0 unspecified atom stereocenters. The van der Waals surface area contributed by atoms with Crippen molar-refractivity contribution >= 4 is 21.7 Å². The molecule has 2 heterocycles. The fourth-order valence-corrected chi connectivity index (χ4v) is 1.32. The molecule has 0 bridgehead atoms. The lowest BCUT2D eigenvalue weighted by atomic mass is 10.4. The third-order valence-corrected chi connectivity index (χ3v) is 1.98. The van der Waals surface area contributed by atoms with Crippen LogP contribution in [0.25, 0.3) is 5.82 Å². The average Bonchev–Trinajstić information content (AvgIpc) is 2.52. The Labute approximate surface area is 83.6 Å². The molecule has 13 heavy (non-hydrogen) atoms. The van der Waals surface area contributed by atoms with Crippen molar-refractivity contribution in [2.24, 2.45) is 0 Å². The molecule has 0 aliphatic carbocycles. The first-order valence-electron chi connectivity index (χ1n) is 3.68. The first-order valence-corrected chi connectivity index (χ1v) is 4.47. The summed E-state index contributed by atoms with van der Waals surface area (Å²) in [7, 11) is 0. The van der Waals surface area contributed by atoms with Gasteiger partial charge in [0.05, 0.1) is 0 Å². The van der Waals surface area contributed by atoms with Gasteiger partial charge >= 0.3 is 0 Å². The Kier molecular flexibility index (Phi) is 2.02. The van der Waals surface area contributed by atoms with E-state index in [2.05, 4.69) is 25.9 Å². The Morgan fingerprint density at radius 3 is 2.85 bits per heavy atom. The summed E-state index contributed by atoms with van der Waals surface area (Å²) < 4.78 is 2.57. The van der Waals surface area contributed by atoms with Gasteiger partial charge in [-0.25, -0.2) is 9.97 Å². The Balaban J connectivity index is 2.46. The van der Waals surface area contributed by atoms with Crippen LogP contribution in [0.3, 0.4) is 0 Å². The first-order chi connectivity index (χ1) is 6.25. The number of anilines is 1. The first kappa shape index (κ1) is 8.25. The van der Waals surface area contributed by atoms with E-state index in [0.29, 0.717) is 5.82 Å². The topological polar surface area (TPSA) is 56.7 Å². The van der Waals surface area contributed by atoms with E-state index in [0.717, 1.165) is 10.4 Å². The number of hydrogen-bond acceptors (Lipinski definition) is 3. The van der Waals surface area contributed by atoms with Gasteiger partial charge in [0.2, 0.25) is 0 Å². The van der Waals surface area contributed by atoms with Crippen molar-refractivity contribution in [3.8, 4) is 5.82 Å². The number of pyridine rings is 1. The van der Waals surface area contributed by atoms with Crippen molar-refractivity contribution in [3.05, 3.63) is 35.3 Å². The van der Waals surface area contributed by atoms with E-state index in [4.69, 9.17) is 5.73 Å². The second-order valence-electron chi connectivity index (χ2n) is 2.52. The van der Waals surface area contributed by atoms with Gasteiger partial charge in [-0.1, -0.05) is 6.07 Å². The maximum Gasteiger partial charge on any atom is 0.140 e. The molecule has 4 nitrogen and oxygen atoms in total. The second-order valence-corrected chi connectivity index (χ2v) is 3.34. The van der Waals surface area contributed by atoms with Crippen LogP contribution >= 0.6 is 15.9 Å². The maximum absolute atomic E-state index is 5.55. The number of rotatable bonds is 1. The monoisotopic (exact) mass is 238 g/mol. The number of aromatic nitrogens is 3. The van der Waals surface area contributed by atoms with Gasteiger partial charge in [-0.15, -0.1) is 0 Å². The van der Waals surface area contributed by atoms with Crippen molar-refractivity contribution in [1.82, 2.24) is 14.5 Å². The molecule has 0 amide bonds. The summed E-state index contributed by atoms with van der Waals surface area (Å²) in [5, 5.41) is 0. The highest BCUT2D eigenvalue weighted by Gasteiger charge is 1.98. The van der Waals surface area contributed by atoms with Gasteiger partial charge in [0.1, 0.15) is 22.6 Å². The number of nitrogens with two attached hydrogens (primary N) is 1. The van der Waals surface area contributed by atoms with Crippen molar-refractivity contribution < 1.29 is 0 Å². The predicted octanol–water partition coefficient (Wildman–Crippen LogP) is 1.61. The lowest BCUT2D eigenvalue weighted by Gasteiger charge is -2.00.